The summed E-state index contributed by atoms with van der Waals surface area (Å²) >= 11 is 0. The molecule has 1 aliphatic heterocycles. The number of amides is 1. The van der Waals surface area contributed by atoms with Crippen molar-refractivity contribution >= 4 is 21.8 Å². The zero-order valence-corrected chi connectivity index (χ0v) is 16.6. The average molecular weight is 420 g/mol. The first-order valence-electron chi connectivity index (χ1n) is 8.81. The molecule has 154 valence electrons. The smallest absolute Gasteiger partial charge is 0.253 e. The van der Waals surface area contributed by atoms with Crippen LogP contribution in [0.5, 0.6) is 5.75 Å². The molecule has 0 aliphatic carbocycles. The number of carbonyl (C=O) groups is 1. The van der Waals surface area contributed by atoms with Gasteiger partial charge >= 0.3 is 0 Å². The molecule has 1 saturated heterocycles. The minimum absolute atomic E-state index is 0.0606. The third kappa shape index (κ3) is 4.22. The van der Waals surface area contributed by atoms with Gasteiger partial charge in [0.05, 0.1) is 7.11 Å². The van der Waals surface area contributed by atoms with Gasteiger partial charge in [0.2, 0.25) is 10.0 Å². The maximum atomic E-state index is 14.2. The van der Waals surface area contributed by atoms with Crippen molar-refractivity contribution in [2.24, 2.45) is 5.73 Å². The predicted molar refractivity (Wildman–Crippen MR) is 105 cm³/mol. The molecule has 1 fully saturated rings. The zero-order valence-electron chi connectivity index (χ0n) is 15.8. The molecule has 8 nitrogen and oxygen atoms in total. The van der Waals surface area contributed by atoms with Gasteiger partial charge < -0.3 is 15.4 Å². The van der Waals surface area contributed by atoms with Crippen LogP contribution in [0.4, 0.5) is 4.39 Å². The molecule has 3 rings (SSSR count). The van der Waals surface area contributed by atoms with Crippen LogP contribution < -0.4 is 10.5 Å². The number of benzene rings is 2. The van der Waals surface area contributed by atoms with Crippen LogP contribution in [0.15, 0.2) is 47.4 Å². The lowest BCUT2D eigenvalue weighted by molar-refractivity contribution is 0.0697. The molecule has 29 heavy (non-hydrogen) atoms. The number of rotatable bonds is 5. The number of halogens is 1. The highest BCUT2D eigenvalue weighted by Crippen LogP contribution is 2.24. The third-order valence-electron chi connectivity index (χ3n) is 4.73. The summed E-state index contributed by atoms with van der Waals surface area (Å²) in [5.41, 5.74) is 6.34. The third-order valence-corrected chi connectivity index (χ3v) is 6.66. The minimum atomic E-state index is -4.02. The van der Waals surface area contributed by atoms with E-state index in [-0.39, 0.29) is 43.7 Å². The number of nitrogens with one attached hydrogen (secondary N) is 1. The van der Waals surface area contributed by atoms with Gasteiger partial charge in [-0.2, -0.15) is 4.31 Å². The lowest BCUT2D eigenvalue weighted by atomic mass is 10.1. The van der Waals surface area contributed by atoms with E-state index < -0.39 is 20.7 Å². The number of carbonyl (C=O) groups excluding carboxylic acids is 1. The van der Waals surface area contributed by atoms with Crippen LogP contribution in [0.25, 0.3) is 0 Å². The van der Waals surface area contributed by atoms with Gasteiger partial charge in [-0.05, 0) is 24.3 Å². The number of nitrogens with zero attached hydrogens (tertiary/aromatic N) is 2. The summed E-state index contributed by atoms with van der Waals surface area (Å²) in [6.45, 7) is 0.491. The number of nitrogens with two attached hydrogens (primary N) is 1. The Morgan fingerprint density at radius 2 is 1.66 bits per heavy atom. The Hall–Kier alpha value is -2.98. The van der Waals surface area contributed by atoms with Crippen molar-refractivity contribution in [1.29, 1.82) is 5.41 Å². The van der Waals surface area contributed by atoms with Gasteiger partial charge in [0, 0.05) is 43.4 Å². The Kier molecular flexibility index (Phi) is 5.85. The minimum Gasteiger partial charge on any atom is -0.497 e. The summed E-state index contributed by atoms with van der Waals surface area (Å²) in [4.78, 5) is 13.8. The highest BCUT2D eigenvalue weighted by atomic mass is 32.2. The molecule has 0 spiro atoms. The summed E-state index contributed by atoms with van der Waals surface area (Å²) in [5.74, 6) is -0.984. The normalized spacial score (nSPS) is 15.2. The second-order valence-electron chi connectivity index (χ2n) is 6.48. The maximum Gasteiger partial charge on any atom is 0.253 e. The van der Waals surface area contributed by atoms with Crippen molar-refractivity contribution in [3.63, 3.8) is 0 Å². The van der Waals surface area contributed by atoms with E-state index in [1.165, 1.54) is 23.5 Å². The number of methoxy groups -OCH3 is 1. The number of hydrogen-bond acceptors (Lipinski definition) is 5. The summed E-state index contributed by atoms with van der Waals surface area (Å²) < 4.78 is 45.8. The van der Waals surface area contributed by atoms with E-state index in [1.54, 1.807) is 29.2 Å². The molecule has 2 aromatic carbocycles. The monoisotopic (exact) mass is 420 g/mol. The van der Waals surface area contributed by atoms with Gasteiger partial charge in [-0.25, -0.2) is 12.8 Å². The van der Waals surface area contributed by atoms with Crippen LogP contribution >= 0.6 is 0 Å². The molecule has 0 radical (unpaired) electrons. The molecule has 0 unspecified atom stereocenters. The van der Waals surface area contributed by atoms with Gasteiger partial charge in [0.1, 0.15) is 22.3 Å². The topological polar surface area (TPSA) is 117 Å². The van der Waals surface area contributed by atoms with Crippen molar-refractivity contribution in [2.45, 2.75) is 4.90 Å². The van der Waals surface area contributed by atoms with Crippen molar-refractivity contribution in [2.75, 3.05) is 33.3 Å². The molecular formula is C19H21FN4O4S. The molecular weight excluding hydrogens is 399 g/mol. The highest BCUT2D eigenvalue weighted by Gasteiger charge is 2.32. The van der Waals surface area contributed by atoms with Crippen LogP contribution in [0.2, 0.25) is 0 Å². The second kappa shape index (κ2) is 8.18. The van der Waals surface area contributed by atoms with Crippen molar-refractivity contribution < 1.29 is 22.3 Å². The first-order chi connectivity index (χ1) is 13.7. The highest BCUT2D eigenvalue weighted by molar-refractivity contribution is 7.89. The molecule has 1 amide bonds. The van der Waals surface area contributed by atoms with Gasteiger partial charge in [0.25, 0.3) is 5.91 Å². The van der Waals surface area contributed by atoms with Crippen LogP contribution in [0.3, 0.4) is 0 Å². The number of sulfonamides is 1. The van der Waals surface area contributed by atoms with E-state index in [4.69, 9.17) is 15.9 Å². The van der Waals surface area contributed by atoms with Crippen LogP contribution in [0, 0.1) is 11.2 Å². The van der Waals surface area contributed by atoms with Crippen molar-refractivity contribution in [1.82, 2.24) is 9.21 Å². The van der Waals surface area contributed by atoms with Crippen molar-refractivity contribution in [3.8, 4) is 5.75 Å². The summed E-state index contributed by atoms with van der Waals surface area (Å²) in [5, 5.41) is 7.38. The Morgan fingerprint density at radius 1 is 1.07 bits per heavy atom. The van der Waals surface area contributed by atoms with E-state index in [0.29, 0.717) is 11.1 Å². The molecule has 0 saturated carbocycles. The maximum absolute atomic E-state index is 14.2. The van der Waals surface area contributed by atoms with E-state index in [9.17, 15) is 17.6 Å². The van der Waals surface area contributed by atoms with Crippen LogP contribution in [0.1, 0.15) is 15.9 Å². The van der Waals surface area contributed by atoms with Gasteiger partial charge in [-0.1, -0.05) is 12.1 Å². The first-order valence-corrected chi connectivity index (χ1v) is 10.3. The summed E-state index contributed by atoms with van der Waals surface area (Å²) in [7, 11) is -2.65. The Balaban J connectivity index is 1.69. The number of piperazine rings is 1. The SMILES string of the molecule is COc1ccc(S(=O)(=O)N2CCN(C(=O)c3ccc(C(=N)N)cc3)CC2)c(F)c1. The van der Waals surface area contributed by atoms with E-state index in [2.05, 4.69) is 0 Å². The Morgan fingerprint density at radius 3 is 2.17 bits per heavy atom. The largest absolute Gasteiger partial charge is 0.497 e. The molecule has 2 aromatic rings. The molecule has 0 aromatic heterocycles. The fourth-order valence-corrected chi connectivity index (χ4v) is 4.53. The van der Waals surface area contributed by atoms with Crippen LogP contribution in [-0.2, 0) is 10.0 Å². The number of hydrogen-bond donors (Lipinski definition) is 2. The summed E-state index contributed by atoms with van der Waals surface area (Å²) in [6.07, 6.45) is 0. The molecule has 1 heterocycles. The Labute approximate surface area is 168 Å². The first kappa shape index (κ1) is 20.7. The zero-order chi connectivity index (χ0) is 21.2. The summed E-state index contributed by atoms with van der Waals surface area (Å²) in [6, 6.07) is 9.92. The van der Waals surface area contributed by atoms with E-state index in [1.807, 2.05) is 0 Å². The van der Waals surface area contributed by atoms with E-state index >= 15 is 0 Å². The van der Waals surface area contributed by atoms with Crippen molar-refractivity contribution in [3.05, 3.63) is 59.4 Å². The van der Waals surface area contributed by atoms with Crippen LogP contribution in [-0.4, -0.2) is 62.7 Å². The van der Waals surface area contributed by atoms with Gasteiger partial charge in [-0.15, -0.1) is 0 Å². The fraction of sp³-hybridized carbons (Fsp3) is 0.263. The average Bonchev–Trinajstić information content (AvgIpc) is 2.73. The Bertz CT molecular complexity index is 1030. The molecule has 0 atom stereocenters. The fourth-order valence-electron chi connectivity index (χ4n) is 3.06. The second-order valence-corrected chi connectivity index (χ2v) is 8.39. The van der Waals surface area contributed by atoms with E-state index in [0.717, 1.165) is 6.07 Å². The lowest BCUT2D eigenvalue weighted by Gasteiger charge is -2.34. The number of nitrogen functional groups attached to an aromatic ring is 1. The quantitative estimate of drug-likeness (QED) is 0.558. The predicted octanol–water partition coefficient (Wildman–Crippen LogP) is 1.27. The molecule has 10 heteroatoms. The molecule has 1 aliphatic rings. The number of ether oxygens (including phenoxy) is 1. The van der Waals surface area contributed by atoms with Gasteiger partial charge in [0.15, 0.2) is 0 Å². The van der Waals surface area contributed by atoms with Gasteiger partial charge in [-0.3, -0.25) is 10.2 Å². The number of amidine groups is 1. The lowest BCUT2D eigenvalue weighted by Crippen LogP contribution is -2.50. The molecule has 3 N–H and O–H groups in total. The molecule has 0 bridgehead atoms. The standard InChI is InChI=1S/C19H21FN4O4S/c1-28-15-6-7-17(16(20)12-15)29(26,27)24-10-8-23(9-11-24)19(25)14-4-2-13(3-5-14)18(21)22/h2-7,12H,8-11H2,1H3,(H3,21,22).